The van der Waals surface area contributed by atoms with E-state index in [4.69, 9.17) is 23.2 Å². The van der Waals surface area contributed by atoms with Crippen LogP contribution in [0.25, 0.3) is 0 Å². The fourth-order valence-corrected chi connectivity index (χ4v) is 5.33. The van der Waals surface area contributed by atoms with Gasteiger partial charge < -0.3 is 0 Å². The molecule has 0 aliphatic carbocycles. The second-order valence-corrected chi connectivity index (χ2v) is 12.4. The van der Waals surface area contributed by atoms with Crippen molar-refractivity contribution in [3.63, 3.8) is 0 Å². The SMILES string of the molecule is CC(C)(C)S(=O)(=O)CCCCCC(=O)CCCSCc1c(Cl)cccc1Cl. The van der Waals surface area contributed by atoms with Gasteiger partial charge in [0.15, 0.2) is 9.84 Å². The van der Waals surface area contributed by atoms with Crippen molar-refractivity contribution in [2.24, 2.45) is 0 Å². The summed E-state index contributed by atoms with van der Waals surface area (Å²) in [7, 11) is -3.05. The lowest BCUT2D eigenvalue weighted by Crippen LogP contribution is -2.30. The maximum Gasteiger partial charge on any atom is 0.155 e. The van der Waals surface area contributed by atoms with Gasteiger partial charge in [0.05, 0.1) is 10.5 Å². The lowest BCUT2D eigenvalue weighted by molar-refractivity contribution is -0.119. The summed E-state index contributed by atoms with van der Waals surface area (Å²) in [5, 5.41) is 1.36. The Kier molecular flexibility index (Phi) is 10.7. The highest BCUT2D eigenvalue weighted by Gasteiger charge is 2.27. The molecule has 154 valence electrons. The van der Waals surface area contributed by atoms with Crippen LogP contribution in [0.15, 0.2) is 18.2 Å². The van der Waals surface area contributed by atoms with Gasteiger partial charge in [-0.15, -0.1) is 0 Å². The Bertz CT molecular complexity index is 690. The van der Waals surface area contributed by atoms with Gasteiger partial charge in [0.2, 0.25) is 0 Å². The highest BCUT2D eigenvalue weighted by Crippen LogP contribution is 2.28. The number of unbranched alkanes of at least 4 members (excludes halogenated alkanes) is 2. The van der Waals surface area contributed by atoms with Gasteiger partial charge in [-0.1, -0.05) is 35.7 Å². The molecule has 0 N–H and O–H groups in total. The summed E-state index contributed by atoms with van der Waals surface area (Å²) in [6, 6.07) is 5.50. The lowest BCUT2D eigenvalue weighted by atomic mass is 10.1. The molecule has 0 fully saturated rings. The molecule has 0 unspecified atom stereocenters. The summed E-state index contributed by atoms with van der Waals surface area (Å²) in [5.41, 5.74) is 0.947. The van der Waals surface area contributed by atoms with Crippen molar-refractivity contribution < 1.29 is 13.2 Å². The van der Waals surface area contributed by atoms with Gasteiger partial charge in [-0.05, 0) is 63.5 Å². The van der Waals surface area contributed by atoms with Gasteiger partial charge in [-0.3, -0.25) is 4.79 Å². The molecule has 0 atom stereocenters. The molecule has 0 spiro atoms. The van der Waals surface area contributed by atoms with Crippen LogP contribution in [0.2, 0.25) is 10.0 Å². The van der Waals surface area contributed by atoms with Crippen LogP contribution in [-0.4, -0.2) is 30.5 Å². The Morgan fingerprint density at radius 3 is 2.19 bits per heavy atom. The summed E-state index contributed by atoms with van der Waals surface area (Å²) < 4.78 is 23.3. The number of benzene rings is 1. The van der Waals surface area contributed by atoms with Crippen molar-refractivity contribution in [2.45, 2.75) is 69.8 Å². The van der Waals surface area contributed by atoms with E-state index in [1.165, 1.54) is 0 Å². The molecule has 1 aromatic rings. The quantitative estimate of drug-likeness (QED) is 0.346. The van der Waals surface area contributed by atoms with Crippen LogP contribution in [0.3, 0.4) is 0 Å². The third kappa shape index (κ3) is 9.21. The third-order valence-corrected chi connectivity index (χ3v) is 8.82. The highest BCUT2D eigenvalue weighted by atomic mass is 35.5. The van der Waals surface area contributed by atoms with E-state index < -0.39 is 14.6 Å². The van der Waals surface area contributed by atoms with E-state index in [-0.39, 0.29) is 11.5 Å². The summed E-state index contributed by atoms with van der Waals surface area (Å²) in [4.78, 5) is 11.9. The smallest absolute Gasteiger partial charge is 0.155 e. The molecule has 27 heavy (non-hydrogen) atoms. The van der Waals surface area contributed by atoms with E-state index in [9.17, 15) is 13.2 Å². The van der Waals surface area contributed by atoms with Crippen molar-refractivity contribution in [2.75, 3.05) is 11.5 Å². The van der Waals surface area contributed by atoms with Crippen LogP contribution in [0.5, 0.6) is 0 Å². The van der Waals surface area contributed by atoms with Gasteiger partial charge >= 0.3 is 0 Å². The number of sulfone groups is 1. The zero-order valence-electron chi connectivity index (χ0n) is 16.4. The maximum atomic E-state index is 12.0. The second kappa shape index (κ2) is 11.7. The molecule has 0 saturated carbocycles. The van der Waals surface area contributed by atoms with E-state index in [1.54, 1.807) is 32.5 Å². The Labute approximate surface area is 178 Å². The van der Waals surface area contributed by atoms with Crippen LogP contribution in [0.1, 0.15) is 64.9 Å². The van der Waals surface area contributed by atoms with Crippen LogP contribution in [0.4, 0.5) is 0 Å². The minimum atomic E-state index is -3.05. The number of hydrogen-bond acceptors (Lipinski definition) is 4. The van der Waals surface area contributed by atoms with E-state index >= 15 is 0 Å². The number of thioether (sulfide) groups is 1. The van der Waals surface area contributed by atoms with Gasteiger partial charge in [-0.2, -0.15) is 11.8 Å². The van der Waals surface area contributed by atoms with E-state index in [0.717, 1.165) is 36.3 Å². The molecule has 7 heteroatoms. The molecule has 1 rings (SSSR count). The topological polar surface area (TPSA) is 51.2 Å². The third-order valence-electron chi connectivity index (χ3n) is 4.35. The Morgan fingerprint density at radius 1 is 1.00 bits per heavy atom. The molecular formula is C20H30Cl2O3S2. The van der Waals surface area contributed by atoms with Gasteiger partial charge in [-0.25, -0.2) is 8.42 Å². The summed E-state index contributed by atoms with van der Waals surface area (Å²) in [6.45, 7) is 5.18. The standard InChI is InChI=1S/C20H30Cl2O3S2/c1-20(2,3)27(24,25)14-6-4-5-9-16(23)10-8-13-26-15-17-18(21)11-7-12-19(17)22/h7,11-12H,4-6,8-10,13-15H2,1-3H3. The molecule has 0 saturated heterocycles. The lowest BCUT2D eigenvalue weighted by Gasteiger charge is -2.18. The molecular weight excluding hydrogens is 423 g/mol. The molecule has 3 nitrogen and oxygen atoms in total. The zero-order valence-corrected chi connectivity index (χ0v) is 19.5. The van der Waals surface area contributed by atoms with Crippen LogP contribution < -0.4 is 0 Å². The Hall–Kier alpha value is -0.230. The number of rotatable bonds is 12. The van der Waals surface area contributed by atoms with Gasteiger partial charge in [0.25, 0.3) is 0 Å². The normalized spacial score (nSPS) is 12.3. The summed E-state index contributed by atoms with van der Waals surface area (Å²) in [6.07, 6.45) is 4.12. The number of Topliss-reactive ketones (excluding diaryl/α,β-unsaturated/α-hetero) is 1. The van der Waals surface area contributed by atoms with Crippen molar-refractivity contribution in [3.8, 4) is 0 Å². The van der Waals surface area contributed by atoms with Crippen molar-refractivity contribution in [3.05, 3.63) is 33.8 Å². The van der Waals surface area contributed by atoms with Crippen LogP contribution >= 0.6 is 35.0 Å². The molecule has 0 radical (unpaired) electrons. The number of carbonyl (C=O) groups is 1. The van der Waals surface area contributed by atoms with Gasteiger partial charge in [0.1, 0.15) is 5.78 Å². The predicted octanol–water partition coefficient (Wildman–Crippen LogP) is 6.35. The second-order valence-electron chi connectivity index (χ2n) is 7.64. The summed E-state index contributed by atoms with van der Waals surface area (Å²) in [5.74, 6) is 2.09. The molecule has 0 amide bonds. The fourth-order valence-electron chi connectivity index (χ4n) is 2.44. The zero-order chi connectivity index (χ0) is 20.5. The molecule has 0 aliphatic rings. The maximum absolute atomic E-state index is 12.0. The predicted molar refractivity (Wildman–Crippen MR) is 119 cm³/mol. The van der Waals surface area contributed by atoms with E-state index in [2.05, 4.69) is 0 Å². The first kappa shape index (κ1) is 24.8. The monoisotopic (exact) mass is 452 g/mol. The van der Waals surface area contributed by atoms with Gasteiger partial charge in [0, 0.05) is 28.6 Å². The fraction of sp³-hybridized carbons (Fsp3) is 0.650. The molecule has 0 heterocycles. The van der Waals surface area contributed by atoms with E-state index in [1.807, 2.05) is 18.2 Å². The average Bonchev–Trinajstić information content (AvgIpc) is 2.55. The van der Waals surface area contributed by atoms with Crippen molar-refractivity contribution in [1.29, 1.82) is 0 Å². The number of hydrogen-bond donors (Lipinski definition) is 0. The summed E-state index contributed by atoms with van der Waals surface area (Å²) >= 11 is 14.0. The number of halogens is 2. The molecule has 1 aromatic carbocycles. The van der Waals surface area contributed by atoms with Crippen LogP contribution in [0, 0.1) is 0 Å². The van der Waals surface area contributed by atoms with Crippen molar-refractivity contribution in [1.82, 2.24) is 0 Å². The minimum absolute atomic E-state index is 0.200. The Balaban J connectivity index is 2.11. The first-order chi connectivity index (χ1) is 12.5. The van der Waals surface area contributed by atoms with E-state index in [0.29, 0.717) is 29.3 Å². The Morgan fingerprint density at radius 2 is 1.59 bits per heavy atom. The molecule has 0 aliphatic heterocycles. The largest absolute Gasteiger partial charge is 0.300 e. The number of carbonyl (C=O) groups excluding carboxylic acids is 1. The average molecular weight is 453 g/mol. The minimum Gasteiger partial charge on any atom is -0.300 e. The first-order valence-corrected chi connectivity index (χ1v) is 12.9. The highest BCUT2D eigenvalue weighted by molar-refractivity contribution is 7.98. The first-order valence-electron chi connectivity index (χ1n) is 9.29. The van der Waals surface area contributed by atoms with Crippen LogP contribution in [-0.2, 0) is 20.4 Å². The molecule has 0 aromatic heterocycles. The number of ketones is 1. The van der Waals surface area contributed by atoms with Crippen molar-refractivity contribution >= 4 is 50.6 Å². The molecule has 0 bridgehead atoms.